The van der Waals surface area contributed by atoms with E-state index in [1.165, 1.54) is 6.07 Å². The van der Waals surface area contributed by atoms with Gasteiger partial charge in [-0.25, -0.2) is 24.3 Å². The molecule has 2 heterocycles. The van der Waals surface area contributed by atoms with Crippen molar-refractivity contribution >= 4 is 0 Å². The first-order chi connectivity index (χ1) is 14.2. The summed E-state index contributed by atoms with van der Waals surface area (Å²) < 4.78 is 34.1. The Bertz CT molecular complexity index is 1010. The number of nitrogens with zero attached hydrogens (tertiary/aromatic N) is 4. The second-order valence-electron chi connectivity index (χ2n) is 7.70. The molecule has 5 nitrogen and oxygen atoms in total. The van der Waals surface area contributed by atoms with E-state index >= 15 is 0 Å². The summed E-state index contributed by atoms with van der Waals surface area (Å²) >= 11 is 0. The van der Waals surface area contributed by atoms with Crippen LogP contribution < -0.4 is 4.74 Å². The van der Waals surface area contributed by atoms with Gasteiger partial charge in [0.25, 0.3) is 0 Å². The molecule has 2 fully saturated rings. The molecule has 3 aromatic rings. The van der Waals surface area contributed by atoms with Crippen LogP contribution in [0.25, 0.3) is 11.6 Å². The van der Waals surface area contributed by atoms with Crippen LogP contribution in [0, 0.1) is 11.6 Å². The predicted octanol–water partition coefficient (Wildman–Crippen LogP) is 4.80. The molecule has 2 aliphatic rings. The molecule has 0 aliphatic heterocycles. The maximum absolute atomic E-state index is 14.2. The van der Waals surface area contributed by atoms with E-state index in [1.807, 2.05) is 0 Å². The highest BCUT2D eigenvalue weighted by atomic mass is 19.2. The fourth-order valence-corrected chi connectivity index (χ4v) is 4.06. The minimum Gasteiger partial charge on any atom is -0.487 e. The molecule has 148 valence electrons. The Kier molecular flexibility index (Phi) is 4.66. The van der Waals surface area contributed by atoms with Crippen LogP contribution in [-0.2, 0) is 0 Å². The molecule has 0 N–H and O–H groups in total. The van der Waals surface area contributed by atoms with Crippen molar-refractivity contribution < 1.29 is 13.5 Å². The summed E-state index contributed by atoms with van der Waals surface area (Å²) in [5.41, 5.74) is 1.73. The molecule has 5 rings (SSSR count). The SMILES string of the molecule is Fc1cc([C@@H]2C[C@H]2c2cnc(-c3ncccn3)nc2)cc(OC2CCCC2)c1F. The van der Waals surface area contributed by atoms with Gasteiger partial charge in [-0.3, -0.25) is 0 Å². The van der Waals surface area contributed by atoms with Crippen LogP contribution in [0.3, 0.4) is 0 Å². The molecule has 0 bridgehead atoms. The molecule has 2 atom stereocenters. The number of hydrogen-bond acceptors (Lipinski definition) is 5. The van der Waals surface area contributed by atoms with Crippen molar-refractivity contribution in [3.63, 3.8) is 0 Å². The van der Waals surface area contributed by atoms with E-state index in [2.05, 4.69) is 19.9 Å². The Hall–Kier alpha value is -2.96. The molecule has 2 aromatic heterocycles. The van der Waals surface area contributed by atoms with Crippen LogP contribution in [0.5, 0.6) is 5.75 Å². The van der Waals surface area contributed by atoms with Crippen LogP contribution in [0.1, 0.15) is 55.1 Å². The van der Waals surface area contributed by atoms with E-state index in [4.69, 9.17) is 4.74 Å². The summed E-state index contributed by atoms with van der Waals surface area (Å²) in [5.74, 6) is -0.483. The van der Waals surface area contributed by atoms with E-state index in [9.17, 15) is 8.78 Å². The summed E-state index contributed by atoms with van der Waals surface area (Å²) in [4.78, 5) is 17.0. The van der Waals surface area contributed by atoms with Gasteiger partial charge in [0.15, 0.2) is 23.2 Å². The van der Waals surface area contributed by atoms with Crippen molar-refractivity contribution in [3.05, 3.63) is 65.7 Å². The van der Waals surface area contributed by atoms with E-state index < -0.39 is 11.6 Å². The van der Waals surface area contributed by atoms with Crippen LogP contribution in [-0.4, -0.2) is 26.0 Å². The second kappa shape index (κ2) is 7.46. The number of hydrogen-bond donors (Lipinski definition) is 0. The smallest absolute Gasteiger partial charge is 0.200 e. The van der Waals surface area contributed by atoms with Gasteiger partial charge in [0.1, 0.15) is 0 Å². The summed E-state index contributed by atoms with van der Waals surface area (Å²) in [6.45, 7) is 0. The lowest BCUT2D eigenvalue weighted by atomic mass is 10.1. The Labute approximate surface area is 167 Å². The van der Waals surface area contributed by atoms with Crippen LogP contribution in [0.2, 0.25) is 0 Å². The normalized spacial score (nSPS) is 21.3. The van der Waals surface area contributed by atoms with Gasteiger partial charge in [-0.15, -0.1) is 0 Å². The molecule has 2 saturated carbocycles. The highest BCUT2D eigenvalue weighted by Gasteiger charge is 2.41. The van der Waals surface area contributed by atoms with Gasteiger partial charge in [0, 0.05) is 24.8 Å². The van der Waals surface area contributed by atoms with Gasteiger partial charge in [-0.2, -0.15) is 4.39 Å². The first-order valence-electron chi connectivity index (χ1n) is 9.94. The molecule has 0 unspecified atom stereocenters. The maximum atomic E-state index is 14.2. The minimum absolute atomic E-state index is 0.0182. The molecule has 0 radical (unpaired) electrons. The number of rotatable bonds is 5. The Morgan fingerprint density at radius 3 is 2.21 bits per heavy atom. The number of ether oxygens (including phenoxy) is 1. The molecule has 1 aromatic carbocycles. The van der Waals surface area contributed by atoms with Gasteiger partial charge in [0.2, 0.25) is 5.82 Å². The quantitative estimate of drug-likeness (QED) is 0.622. The molecular weight excluding hydrogens is 374 g/mol. The third-order valence-electron chi connectivity index (χ3n) is 5.70. The molecular formula is C22H20F2N4O. The topological polar surface area (TPSA) is 60.8 Å². The van der Waals surface area contributed by atoms with Gasteiger partial charge in [0.05, 0.1) is 6.10 Å². The van der Waals surface area contributed by atoms with Crippen molar-refractivity contribution in [1.29, 1.82) is 0 Å². The Morgan fingerprint density at radius 2 is 1.48 bits per heavy atom. The van der Waals surface area contributed by atoms with Gasteiger partial charge < -0.3 is 4.74 Å². The summed E-state index contributed by atoms with van der Waals surface area (Å²) in [6.07, 6.45) is 11.6. The number of aromatic nitrogens is 4. The molecule has 0 saturated heterocycles. The molecule has 29 heavy (non-hydrogen) atoms. The molecule has 0 spiro atoms. The van der Waals surface area contributed by atoms with E-state index in [0.29, 0.717) is 11.6 Å². The first-order valence-corrected chi connectivity index (χ1v) is 9.94. The lowest BCUT2D eigenvalue weighted by Gasteiger charge is -2.15. The van der Waals surface area contributed by atoms with Crippen LogP contribution >= 0.6 is 0 Å². The van der Waals surface area contributed by atoms with Crippen molar-refractivity contribution in [2.45, 2.75) is 50.0 Å². The minimum atomic E-state index is -0.895. The van der Waals surface area contributed by atoms with E-state index in [-0.39, 0.29) is 23.7 Å². The third-order valence-corrected chi connectivity index (χ3v) is 5.70. The Balaban J connectivity index is 1.33. The van der Waals surface area contributed by atoms with Crippen molar-refractivity contribution in [1.82, 2.24) is 19.9 Å². The maximum Gasteiger partial charge on any atom is 0.200 e. The van der Waals surface area contributed by atoms with Gasteiger partial charge in [-0.05, 0) is 73.3 Å². The average Bonchev–Trinajstić information content (AvgIpc) is 3.40. The summed E-state index contributed by atoms with van der Waals surface area (Å²) in [6, 6.07) is 4.68. The number of halogens is 2. The van der Waals surface area contributed by atoms with E-state index in [1.54, 1.807) is 36.9 Å². The lowest BCUT2D eigenvalue weighted by molar-refractivity contribution is 0.198. The van der Waals surface area contributed by atoms with Crippen molar-refractivity contribution in [2.75, 3.05) is 0 Å². The second-order valence-corrected chi connectivity index (χ2v) is 7.70. The highest BCUT2D eigenvalue weighted by Crippen LogP contribution is 2.55. The number of benzene rings is 1. The molecule has 0 amide bonds. The monoisotopic (exact) mass is 394 g/mol. The zero-order valence-electron chi connectivity index (χ0n) is 15.8. The average molecular weight is 394 g/mol. The zero-order valence-corrected chi connectivity index (χ0v) is 15.8. The van der Waals surface area contributed by atoms with Crippen LogP contribution in [0.4, 0.5) is 8.78 Å². The fourth-order valence-electron chi connectivity index (χ4n) is 4.06. The van der Waals surface area contributed by atoms with Crippen LogP contribution in [0.15, 0.2) is 43.0 Å². The largest absolute Gasteiger partial charge is 0.487 e. The predicted molar refractivity (Wildman–Crippen MR) is 102 cm³/mol. The molecule has 2 aliphatic carbocycles. The van der Waals surface area contributed by atoms with Crippen molar-refractivity contribution in [3.8, 4) is 17.4 Å². The first kappa shape index (κ1) is 18.1. The highest BCUT2D eigenvalue weighted by molar-refractivity contribution is 5.44. The summed E-state index contributed by atoms with van der Waals surface area (Å²) in [7, 11) is 0. The summed E-state index contributed by atoms with van der Waals surface area (Å²) in [5, 5.41) is 0. The Morgan fingerprint density at radius 1 is 0.828 bits per heavy atom. The van der Waals surface area contributed by atoms with Gasteiger partial charge >= 0.3 is 0 Å². The lowest BCUT2D eigenvalue weighted by Crippen LogP contribution is -2.12. The van der Waals surface area contributed by atoms with E-state index in [0.717, 1.165) is 43.2 Å². The zero-order chi connectivity index (χ0) is 19.8. The molecule has 7 heteroatoms. The fraction of sp³-hybridized carbons (Fsp3) is 0.364. The van der Waals surface area contributed by atoms with Crippen molar-refractivity contribution in [2.24, 2.45) is 0 Å². The third kappa shape index (κ3) is 3.69. The standard InChI is InChI=1S/C22H20F2N4O/c23-18-8-13(9-19(20(18)24)29-15-4-1-2-5-15)16-10-17(16)14-11-27-22(28-12-14)21-25-6-3-7-26-21/h3,6-9,11-12,15-17H,1-2,4-5,10H2/t16-,17-/m0/s1. The van der Waals surface area contributed by atoms with Gasteiger partial charge in [-0.1, -0.05) is 0 Å².